The van der Waals surface area contributed by atoms with Crippen LogP contribution in [0.1, 0.15) is 47.0 Å². The van der Waals surface area contributed by atoms with Crippen molar-refractivity contribution in [1.82, 2.24) is 5.32 Å². The molecule has 0 aliphatic heterocycles. The first-order valence-electron chi connectivity index (χ1n) is 5.73. The molecule has 1 N–H and O–H groups in total. The van der Waals surface area contributed by atoms with Crippen LogP contribution in [0, 0.1) is 5.41 Å². The molecule has 3 nitrogen and oxygen atoms in total. The van der Waals surface area contributed by atoms with Gasteiger partial charge in [-0.25, -0.2) is 4.39 Å². The van der Waals surface area contributed by atoms with Crippen LogP contribution in [0.3, 0.4) is 0 Å². The molecule has 0 spiro atoms. The van der Waals surface area contributed by atoms with Crippen molar-refractivity contribution in [2.24, 2.45) is 5.41 Å². The Morgan fingerprint density at radius 1 is 1.38 bits per heavy atom. The molecule has 0 heterocycles. The molecule has 92 valence electrons. The lowest BCUT2D eigenvalue weighted by molar-refractivity contribution is -0.133. The van der Waals surface area contributed by atoms with E-state index in [9.17, 15) is 14.0 Å². The molecule has 0 radical (unpaired) electrons. The average molecular weight is 229 g/mol. The lowest BCUT2D eigenvalue weighted by Gasteiger charge is -2.30. The smallest absolute Gasteiger partial charge is 0.258 e. The van der Waals surface area contributed by atoms with Gasteiger partial charge in [0.15, 0.2) is 11.5 Å². The third-order valence-corrected chi connectivity index (χ3v) is 2.91. The van der Waals surface area contributed by atoms with Crippen LogP contribution in [0.4, 0.5) is 4.39 Å². The summed E-state index contributed by atoms with van der Waals surface area (Å²) in [5, 5.41) is 2.55. The van der Waals surface area contributed by atoms with Crippen LogP contribution < -0.4 is 5.32 Å². The molecule has 1 fully saturated rings. The van der Waals surface area contributed by atoms with Crippen molar-refractivity contribution < 1.29 is 14.0 Å². The molecule has 1 atom stereocenters. The number of hydrogen-bond donors (Lipinski definition) is 1. The molecule has 1 aliphatic carbocycles. The normalized spacial score (nSPS) is 20.1. The number of ketones is 1. The van der Waals surface area contributed by atoms with Crippen LogP contribution in [0.2, 0.25) is 0 Å². The van der Waals surface area contributed by atoms with Gasteiger partial charge in [0.2, 0.25) is 0 Å². The average Bonchev–Trinajstić information content (AvgIpc) is 2.91. The van der Waals surface area contributed by atoms with E-state index in [1.165, 1.54) is 0 Å². The van der Waals surface area contributed by atoms with Crippen LogP contribution >= 0.6 is 0 Å². The van der Waals surface area contributed by atoms with E-state index in [1.54, 1.807) is 6.92 Å². The number of amides is 1. The van der Waals surface area contributed by atoms with E-state index in [1.807, 2.05) is 20.8 Å². The summed E-state index contributed by atoms with van der Waals surface area (Å²) in [4.78, 5) is 23.3. The molecule has 16 heavy (non-hydrogen) atoms. The number of carbonyl (C=O) groups excluding carboxylic acids is 2. The molecular weight excluding hydrogens is 209 g/mol. The molecule has 0 bridgehead atoms. The van der Waals surface area contributed by atoms with Gasteiger partial charge in [0.1, 0.15) is 0 Å². The predicted octanol–water partition coefficient (Wildman–Crippen LogP) is 2.00. The van der Waals surface area contributed by atoms with Crippen LogP contribution in [0.15, 0.2) is 0 Å². The minimum absolute atomic E-state index is 0.0508. The molecule has 1 amide bonds. The number of carbonyl (C=O) groups is 2. The monoisotopic (exact) mass is 229 g/mol. The van der Waals surface area contributed by atoms with Gasteiger partial charge in [-0.1, -0.05) is 27.7 Å². The van der Waals surface area contributed by atoms with Crippen molar-refractivity contribution in [2.75, 3.05) is 0 Å². The number of alkyl halides is 1. The summed E-state index contributed by atoms with van der Waals surface area (Å²) in [6, 6.07) is -0.599. The molecule has 0 aromatic rings. The van der Waals surface area contributed by atoms with Gasteiger partial charge in [-0.3, -0.25) is 9.59 Å². The summed E-state index contributed by atoms with van der Waals surface area (Å²) in [6.07, 6.45) is 0.896. The lowest BCUT2D eigenvalue weighted by atomic mass is 9.83. The second kappa shape index (κ2) is 4.15. The summed E-state index contributed by atoms with van der Waals surface area (Å²) in [5.41, 5.74) is -2.09. The zero-order valence-corrected chi connectivity index (χ0v) is 10.4. The van der Waals surface area contributed by atoms with Crippen molar-refractivity contribution in [1.29, 1.82) is 0 Å². The van der Waals surface area contributed by atoms with E-state index < -0.39 is 17.6 Å². The standard InChI is InChI=1S/C12H20FNO2/c1-5-8(15)9(11(2,3)4)14-10(16)12(13)6-7-12/h9H,5-7H2,1-4H3,(H,14,16)/t9-/m1/s1. The van der Waals surface area contributed by atoms with Crippen molar-refractivity contribution in [3.63, 3.8) is 0 Å². The number of rotatable bonds is 4. The van der Waals surface area contributed by atoms with Gasteiger partial charge in [-0.2, -0.15) is 0 Å². The minimum atomic E-state index is -1.71. The quantitative estimate of drug-likeness (QED) is 0.801. The maximum atomic E-state index is 13.5. The first kappa shape index (κ1) is 13.1. The molecule has 1 aliphatic rings. The molecule has 1 rings (SSSR count). The zero-order valence-electron chi connectivity index (χ0n) is 10.4. The van der Waals surface area contributed by atoms with Gasteiger partial charge in [-0.05, 0) is 18.3 Å². The Balaban J connectivity index is 2.71. The van der Waals surface area contributed by atoms with Gasteiger partial charge < -0.3 is 5.32 Å². The van der Waals surface area contributed by atoms with E-state index in [4.69, 9.17) is 0 Å². The first-order chi connectivity index (χ1) is 7.20. The summed E-state index contributed by atoms with van der Waals surface area (Å²) < 4.78 is 13.5. The highest BCUT2D eigenvalue weighted by atomic mass is 19.1. The molecule has 0 unspecified atom stereocenters. The van der Waals surface area contributed by atoms with Gasteiger partial charge in [0, 0.05) is 6.42 Å². The first-order valence-corrected chi connectivity index (χ1v) is 5.73. The van der Waals surface area contributed by atoms with Gasteiger partial charge in [0.25, 0.3) is 5.91 Å². The van der Waals surface area contributed by atoms with Crippen molar-refractivity contribution in [3.05, 3.63) is 0 Å². The molecule has 0 saturated heterocycles. The van der Waals surface area contributed by atoms with E-state index in [-0.39, 0.29) is 24.0 Å². The summed E-state index contributed by atoms with van der Waals surface area (Å²) >= 11 is 0. The highest BCUT2D eigenvalue weighted by Crippen LogP contribution is 2.40. The molecular formula is C12H20FNO2. The van der Waals surface area contributed by atoms with E-state index in [0.717, 1.165) is 0 Å². The molecule has 0 aromatic heterocycles. The van der Waals surface area contributed by atoms with Crippen LogP contribution in [0.5, 0.6) is 0 Å². The Labute approximate surface area is 95.8 Å². The Hall–Kier alpha value is -0.930. The van der Waals surface area contributed by atoms with E-state index in [0.29, 0.717) is 6.42 Å². The maximum Gasteiger partial charge on any atom is 0.258 e. The highest BCUT2D eigenvalue weighted by Gasteiger charge is 2.52. The van der Waals surface area contributed by atoms with Crippen LogP contribution in [-0.2, 0) is 9.59 Å². The number of nitrogens with one attached hydrogen (secondary N) is 1. The molecule has 4 heteroatoms. The van der Waals surface area contributed by atoms with E-state index in [2.05, 4.69) is 5.32 Å². The summed E-state index contributed by atoms with van der Waals surface area (Å²) in [5.74, 6) is -0.681. The Bertz CT molecular complexity index is 303. The minimum Gasteiger partial charge on any atom is -0.343 e. The van der Waals surface area contributed by atoms with Crippen molar-refractivity contribution in [2.45, 2.75) is 58.7 Å². The Kier molecular flexibility index (Phi) is 3.41. The maximum absolute atomic E-state index is 13.5. The van der Waals surface area contributed by atoms with E-state index >= 15 is 0 Å². The summed E-state index contributed by atoms with van der Waals surface area (Å²) in [6.45, 7) is 7.34. The fourth-order valence-electron chi connectivity index (χ4n) is 1.58. The molecule has 0 aromatic carbocycles. The predicted molar refractivity (Wildman–Crippen MR) is 59.8 cm³/mol. The largest absolute Gasteiger partial charge is 0.343 e. The second-order valence-corrected chi connectivity index (χ2v) is 5.56. The fraction of sp³-hybridized carbons (Fsp3) is 0.833. The SMILES string of the molecule is CCC(=O)[C@@H](NC(=O)C1(F)CC1)C(C)(C)C. The fourth-order valence-corrected chi connectivity index (χ4v) is 1.58. The van der Waals surface area contributed by atoms with Gasteiger partial charge in [-0.15, -0.1) is 0 Å². The number of halogens is 1. The number of Topliss-reactive ketones (excluding diaryl/α,β-unsaturated/α-hetero) is 1. The van der Waals surface area contributed by atoms with Gasteiger partial charge >= 0.3 is 0 Å². The Morgan fingerprint density at radius 2 is 1.88 bits per heavy atom. The Morgan fingerprint density at radius 3 is 2.19 bits per heavy atom. The highest BCUT2D eigenvalue weighted by molar-refractivity contribution is 5.94. The van der Waals surface area contributed by atoms with Crippen molar-refractivity contribution in [3.8, 4) is 0 Å². The second-order valence-electron chi connectivity index (χ2n) is 5.56. The van der Waals surface area contributed by atoms with Crippen molar-refractivity contribution >= 4 is 11.7 Å². The van der Waals surface area contributed by atoms with Gasteiger partial charge in [0.05, 0.1) is 6.04 Å². The van der Waals surface area contributed by atoms with Crippen LogP contribution in [-0.4, -0.2) is 23.4 Å². The zero-order chi connectivity index (χ0) is 12.6. The third kappa shape index (κ3) is 2.80. The summed E-state index contributed by atoms with van der Waals surface area (Å²) in [7, 11) is 0. The topological polar surface area (TPSA) is 46.2 Å². The lowest BCUT2D eigenvalue weighted by Crippen LogP contribution is -2.51. The van der Waals surface area contributed by atoms with Crippen LogP contribution in [0.25, 0.3) is 0 Å². The molecule has 1 saturated carbocycles. The number of hydrogen-bond acceptors (Lipinski definition) is 2. The third-order valence-electron chi connectivity index (χ3n) is 2.91.